The van der Waals surface area contributed by atoms with Crippen LogP contribution in [0.2, 0.25) is 0 Å². The molecule has 0 saturated heterocycles. The molecule has 1 aromatic carbocycles. The molecule has 1 aromatic rings. The second-order valence-corrected chi connectivity index (χ2v) is 5.08. The molecule has 3 heteroatoms. The molecule has 3 nitrogen and oxygen atoms in total. The van der Waals surface area contributed by atoms with Crippen LogP contribution in [0.1, 0.15) is 33.6 Å². The lowest BCUT2D eigenvalue weighted by atomic mass is 10.0. The van der Waals surface area contributed by atoms with Gasteiger partial charge in [-0.25, -0.2) is 0 Å². The Kier molecular flexibility index (Phi) is 5.83. The first-order chi connectivity index (χ1) is 8.56. The van der Waals surface area contributed by atoms with Crippen LogP contribution in [-0.2, 0) is 0 Å². The number of nitrogens with one attached hydrogen (secondary N) is 1. The van der Waals surface area contributed by atoms with E-state index >= 15 is 0 Å². The predicted molar refractivity (Wildman–Crippen MR) is 76.7 cm³/mol. The Bertz CT molecular complexity index is 364. The molecule has 0 aliphatic heterocycles. The van der Waals surface area contributed by atoms with Crippen LogP contribution in [0.15, 0.2) is 18.2 Å². The zero-order chi connectivity index (χ0) is 13.5. The molecule has 0 amide bonds. The van der Waals surface area contributed by atoms with Crippen molar-refractivity contribution < 1.29 is 9.47 Å². The molecule has 0 bridgehead atoms. The molecule has 0 spiro atoms. The number of hydrogen-bond donors (Lipinski definition) is 1. The Morgan fingerprint density at radius 3 is 2.33 bits per heavy atom. The van der Waals surface area contributed by atoms with E-state index < -0.39 is 0 Å². The largest absolute Gasteiger partial charge is 0.497 e. The van der Waals surface area contributed by atoms with Crippen molar-refractivity contribution in [2.45, 2.75) is 39.7 Å². The number of ether oxygens (including phenoxy) is 2. The maximum absolute atomic E-state index is 5.35. The van der Waals surface area contributed by atoms with Gasteiger partial charge in [-0.05, 0) is 37.8 Å². The minimum absolute atomic E-state index is 0.424. The SMILES string of the molecule is COc1ccc(OC)c(NC(C)CCC(C)C)c1. The Morgan fingerprint density at radius 2 is 1.78 bits per heavy atom. The zero-order valence-electron chi connectivity index (χ0n) is 12.1. The molecular weight excluding hydrogens is 226 g/mol. The van der Waals surface area contributed by atoms with Crippen LogP contribution >= 0.6 is 0 Å². The van der Waals surface area contributed by atoms with Gasteiger partial charge in [-0.15, -0.1) is 0 Å². The third kappa shape index (κ3) is 4.47. The van der Waals surface area contributed by atoms with Crippen molar-refractivity contribution >= 4 is 5.69 Å². The van der Waals surface area contributed by atoms with E-state index in [0.717, 1.165) is 29.5 Å². The van der Waals surface area contributed by atoms with Crippen LogP contribution in [0.25, 0.3) is 0 Å². The van der Waals surface area contributed by atoms with Crippen molar-refractivity contribution in [1.29, 1.82) is 0 Å². The Labute approximate surface area is 110 Å². The molecule has 0 aromatic heterocycles. The molecule has 0 heterocycles. The summed E-state index contributed by atoms with van der Waals surface area (Å²) in [6.07, 6.45) is 2.37. The predicted octanol–water partition coefficient (Wildman–Crippen LogP) is 3.94. The van der Waals surface area contributed by atoms with Gasteiger partial charge in [0, 0.05) is 12.1 Å². The van der Waals surface area contributed by atoms with E-state index in [9.17, 15) is 0 Å². The van der Waals surface area contributed by atoms with Crippen molar-refractivity contribution in [3.05, 3.63) is 18.2 Å². The lowest BCUT2D eigenvalue weighted by Gasteiger charge is -2.19. The van der Waals surface area contributed by atoms with E-state index in [1.807, 2.05) is 18.2 Å². The second kappa shape index (κ2) is 7.14. The van der Waals surface area contributed by atoms with E-state index in [1.165, 1.54) is 6.42 Å². The number of benzene rings is 1. The minimum atomic E-state index is 0.424. The highest BCUT2D eigenvalue weighted by atomic mass is 16.5. The maximum Gasteiger partial charge on any atom is 0.142 e. The van der Waals surface area contributed by atoms with Crippen molar-refractivity contribution in [1.82, 2.24) is 0 Å². The molecule has 0 radical (unpaired) electrons. The number of anilines is 1. The van der Waals surface area contributed by atoms with Crippen molar-refractivity contribution in [3.8, 4) is 11.5 Å². The Morgan fingerprint density at radius 1 is 1.06 bits per heavy atom. The van der Waals surface area contributed by atoms with Gasteiger partial charge in [0.05, 0.1) is 19.9 Å². The average Bonchev–Trinajstić information content (AvgIpc) is 2.36. The van der Waals surface area contributed by atoms with E-state index in [2.05, 4.69) is 26.1 Å². The van der Waals surface area contributed by atoms with Crippen molar-refractivity contribution in [2.75, 3.05) is 19.5 Å². The third-order valence-electron chi connectivity index (χ3n) is 2.99. The van der Waals surface area contributed by atoms with E-state index in [-0.39, 0.29) is 0 Å². The highest BCUT2D eigenvalue weighted by Gasteiger charge is 2.09. The van der Waals surface area contributed by atoms with Crippen molar-refractivity contribution in [2.24, 2.45) is 5.92 Å². The summed E-state index contributed by atoms with van der Waals surface area (Å²) in [5, 5.41) is 3.49. The first-order valence-electron chi connectivity index (χ1n) is 6.55. The number of methoxy groups -OCH3 is 2. The summed E-state index contributed by atoms with van der Waals surface area (Å²) in [5.74, 6) is 2.43. The minimum Gasteiger partial charge on any atom is -0.497 e. The number of hydrogen-bond acceptors (Lipinski definition) is 3. The number of rotatable bonds is 7. The summed E-state index contributed by atoms with van der Waals surface area (Å²) in [6, 6.07) is 6.23. The van der Waals surface area contributed by atoms with Crippen molar-refractivity contribution in [3.63, 3.8) is 0 Å². The van der Waals surface area contributed by atoms with Gasteiger partial charge in [-0.2, -0.15) is 0 Å². The average molecular weight is 251 g/mol. The van der Waals surface area contributed by atoms with Crippen LogP contribution in [-0.4, -0.2) is 20.3 Å². The molecule has 0 saturated carbocycles. The Hall–Kier alpha value is -1.38. The lowest BCUT2D eigenvalue weighted by molar-refractivity contribution is 0.404. The van der Waals surface area contributed by atoms with E-state index in [1.54, 1.807) is 14.2 Å². The zero-order valence-corrected chi connectivity index (χ0v) is 12.1. The summed E-state index contributed by atoms with van der Waals surface area (Å²) in [4.78, 5) is 0. The van der Waals surface area contributed by atoms with Crippen LogP contribution in [0.3, 0.4) is 0 Å². The summed E-state index contributed by atoms with van der Waals surface area (Å²) in [5.41, 5.74) is 0.994. The van der Waals surface area contributed by atoms with Gasteiger partial charge in [0.1, 0.15) is 11.5 Å². The standard InChI is InChI=1S/C15H25NO2/c1-11(2)6-7-12(3)16-14-10-13(17-4)8-9-15(14)18-5/h8-12,16H,6-7H2,1-5H3. The normalized spacial score (nSPS) is 12.3. The van der Waals surface area contributed by atoms with E-state index in [0.29, 0.717) is 6.04 Å². The molecule has 0 aliphatic rings. The highest BCUT2D eigenvalue weighted by Crippen LogP contribution is 2.29. The van der Waals surface area contributed by atoms with Gasteiger partial charge in [0.25, 0.3) is 0 Å². The fourth-order valence-electron chi connectivity index (χ4n) is 1.85. The summed E-state index contributed by atoms with van der Waals surface area (Å²) < 4.78 is 10.6. The van der Waals surface area contributed by atoms with Gasteiger partial charge in [0.2, 0.25) is 0 Å². The fourth-order valence-corrected chi connectivity index (χ4v) is 1.85. The molecule has 0 fully saturated rings. The van der Waals surface area contributed by atoms with Crippen LogP contribution in [0, 0.1) is 5.92 Å². The van der Waals surface area contributed by atoms with Crippen LogP contribution < -0.4 is 14.8 Å². The van der Waals surface area contributed by atoms with Crippen LogP contribution in [0.4, 0.5) is 5.69 Å². The summed E-state index contributed by atoms with van der Waals surface area (Å²) in [7, 11) is 3.36. The molecular formula is C15H25NO2. The smallest absolute Gasteiger partial charge is 0.142 e. The molecule has 0 aliphatic carbocycles. The van der Waals surface area contributed by atoms with Gasteiger partial charge in [-0.3, -0.25) is 0 Å². The lowest BCUT2D eigenvalue weighted by Crippen LogP contribution is -2.16. The maximum atomic E-state index is 5.35. The summed E-state index contributed by atoms with van der Waals surface area (Å²) >= 11 is 0. The van der Waals surface area contributed by atoms with Gasteiger partial charge in [0.15, 0.2) is 0 Å². The second-order valence-electron chi connectivity index (χ2n) is 5.08. The van der Waals surface area contributed by atoms with Gasteiger partial charge >= 0.3 is 0 Å². The highest BCUT2D eigenvalue weighted by molar-refractivity contribution is 5.60. The molecule has 18 heavy (non-hydrogen) atoms. The summed E-state index contributed by atoms with van der Waals surface area (Å²) in [6.45, 7) is 6.69. The van der Waals surface area contributed by atoms with Crippen LogP contribution in [0.5, 0.6) is 11.5 Å². The molecule has 1 unspecified atom stereocenters. The quantitative estimate of drug-likeness (QED) is 0.796. The molecule has 1 rings (SSSR count). The first-order valence-corrected chi connectivity index (χ1v) is 6.55. The molecule has 1 atom stereocenters. The Balaban J connectivity index is 2.69. The van der Waals surface area contributed by atoms with Gasteiger partial charge in [-0.1, -0.05) is 13.8 Å². The molecule has 102 valence electrons. The monoisotopic (exact) mass is 251 g/mol. The third-order valence-corrected chi connectivity index (χ3v) is 2.99. The first kappa shape index (κ1) is 14.7. The molecule has 1 N–H and O–H groups in total. The fraction of sp³-hybridized carbons (Fsp3) is 0.600. The van der Waals surface area contributed by atoms with E-state index in [4.69, 9.17) is 9.47 Å². The topological polar surface area (TPSA) is 30.5 Å². The van der Waals surface area contributed by atoms with Gasteiger partial charge < -0.3 is 14.8 Å².